The SMILES string of the molecule is O=C(O)c1ccc(Cn2ccnc2CC(F)(F)F)cc1. The smallest absolute Gasteiger partial charge is 0.396 e. The van der Waals surface area contributed by atoms with Crippen LogP contribution < -0.4 is 0 Å². The molecule has 0 aliphatic rings. The Balaban J connectivity index is 2.14. The van der Waals surface area contributed by atoms with Crippen LogP contribution in [0.3, 0.4) is 0 Å². The molecule has 20 heavy (non-hydrogen) atoms. The summed E-state index contributed by atoms with van der Waals surface area (Å²) in [7, 11) is 0. The molecule has 0 amide bonds. The van der Waals surface area contributed by atoms with Gasteiger partial charge in [0.15, 0.2) is 0 Å². The zero-order chi connectivity index (χ0) is 14.8. The van der Waals surface area contributed by atoms with Crippen LogP contribution in [0.15, 0.2) is 36.7 Å². The number of nitrogens with zero attached hydrogens (tertiary/aromatic N) is 2. The van der Waals surface area contributed by atoms with Crippen molar-refractivity contribution in [2.75, 3.05) is 0 Å². The maximum atomic E-state index is 12.4. The van der Waals surface area contributed by atoms with Crippen LogP contribution in [0.5, 0.6) is 0 Å². The number of carboxylic acid groups (broad SMARTS) is 1. The second kappa shape index (κ2) is 5.36. The maximum absolute atomic E-state index is 12.4. The van der Waals surface area contributed by atoms with Crippen molar-refractivity contribution in [3.05, 3.63) is 53.6 Å². The quantitative estimate of drug-likeness (QED) is 0.939. The minimum atomic E-state index is -4.31. The Labute approximate surface area is 112 Å². The molecule has 1 aromatic heterocycles. The van der Waals surface area contributed by atoms with E-state index in [4.69, 9.17) is 5.11 Å². The molecule has 1 aromatic carbocycles. The number of carbonyl (C=O) groups is 1. The molecule has 4 nitrogen and oxygen atoms in total. The van der Waals surface area contributed by atoms with E-state index in [0.29, 0.717) is 5.56 Å². The summed E-state index contributed by atoms with van der Waals surface area (Å²) in [6.07, 6.45) is -2.62. The minimum Gasteiger partial charge on any atom is -0.478 e. The van der Waals surface area contributed by atoms with Gasteiger partial charge in [-0.05, 0) is 17.7 Å². The Morgan fingerprint density at radius 3 is 2.45 bits per heavy atom. The summed E-state index contributed by atoms with van der Waals surface area (Å²) in [6, 6.07) is 5.97. The molecule has 0 atom stereocenters. The lowest BCUT2D eigenvalue weighted by atomic mass is 10.1. The molecule has 0 saturated carbocycles. The van der Waals surface area contributed by atoms with Crippen molar-refractivity contribution >= 4 is 5.97 Å². The number of alkyl halides is 3. The predicted molar refractivity (Wildman–Crippen MR) is 64.5 cm³/mol. The van der Waals surface area contributed by atoms with E-state index in [1.165, 1.54) is 29.1 Å². The van der Waals surface area contributed by atoms with Gasteiger partial charge in [-0.15, -0.1) is 0 Å². The maximum Gasteiger partial charge on any atom is 0.396 e. The normalized spacial score (nSPS) is 11.6. The molecule has 1 N–H and O–H groups in total. The summed E-state index contributed by atoms with van der Waals surface area (Å²) in [5.74, 6) is -1.11. The van der Waals surface area contributed by atoms with E-state index in [1.54, 1.807) is 12.1 Å². The fourth-order valence-corrected chi connectivity index (χ4v) is 1.78. The first-order valence-electron chi connectivity index (χ1n) is 5.74. The van der Waals surface area contributed by atoms with Crippen molar-refractivity contribution in [2.45, 2.75) is 19.1 Å². The van der Waals surface area contributed by atoms with Crippen molar-refractivity contribution in [1.29, 1.82) is 0 Å². The van der Waals surface area contributed by atoms with E-state index in [0.717, 1.165) is 0 Å². The van der Waals surface area contributed by atoms with Crippen molar-refractivity contribution in [2.24, 2.45) is 0 Å². The Hall–Kier alpha value is -2.31. The monoisotopic (exact) mass is 284 g/mol. The summed E-state index contributed by atoms with van der Waals surface area (Å²) in [5, 5.41) is 8.76. The van der Waals surface area contributed by atoms with Gasteiger partial charge in [0.2, 0.25) is 0 Å². The molecule has 0 aliphatic carbocycles. The molecule has 0 spiro atoms. The van der Waals surface area contributed by atoms with Crippen LogP contribution in [-0.2, 0) is 13.0 Å². The number of carboxylic acids is 1. The fraction of sp³-hybridized carbons (Fsp3) is 0.231. The largest absolute Gasteiger partial charge is 0.478 e. The zero-order valence-electron chi connectivity index (χ0n) is 10.3. The average molecular weight is 284 g/mol. The first kappa shape index (κ1) is 14.1. The summed E-state index contributed by atoms with van der Waals surface area (Å²) in [6.45, 7) is 0.214. The van der Waals surface area contributed by atoms with Gasteiger partial charge in [-0.25, -0.2) is 9.78 Å². The van der Waals surface area contributed by atoms with Gasteiger partial charge >= 0.3 is 12.1 Å². The molecule has 2 aromatic rings. The summed E-state index contributed by atoms with van der Waals surface area (Å²) in [4.78, 5) is 14.4. The number of aromatic nitrogens is 2. The zero-order valence-corrected chi connectivity index (χ0v) is 10.3. The Morgan fingerprint density at radius 1 is 1.25 bits per heavy atom. The van der Waals surface area contributed by atoms with Crippen molar-refractivity contribution in [3.8, 4) is 0 Å². The molecular formula is C13H11F3N2O2. The fourth-order valence-electron chi connectivity index (χ4n) is 1.78. The number of hydrogen-bond acceptors (Lipinski definition) is 2. The topological polar surface area (TPSA) is 55.1 Å². The predicted octanol–water partition coefficient (Wildman–Crippen LogP) is 2.73. The van der Waals surface area contributed by atoms with Gasteiger partial charge in [0.25, 0.3) is 0 Å². The molecule has 106 valence electrons. The van der Waals surface area contributed by atoms with Crippen LogP contribution in [0.1, 0.15) is 21.7 Å². The van der Waals surface area contributed by atoms with Crippen LogP contribution in [0.25, 0.3) is 0 Å². The third-order valence-corrected chi connectivity index (χ3v) is 2.71. The van der Waals surface area contributed by atoms with Gasteiger partial charge in [0.1, 0.15) is 12.2 Å². The molecule has 1 heterocycles. The highest BCUT2D eigenvalue weighted by molar-refractivity contribution is 5.87. The van der Waals surface area contributed by atoms with Crippen LogP contribution in [0, 0.1) is 0 Å². The molecule has 2 rings (SSSR count). The number of imidazole rings is 1. The molecule has 0 unspecified atom stereocenters. The summed E-state index contributed by atoms with van der Waals surface area (Å²) >= 11 is 0. The van der Waals surface area contributed by atoms with Gasteiger partial charge in [0.05, 0.1) is 5.56 Å². The molecule has 0 bridgehead atoms. The first-order valence-corrected chi connectivity index (χ1v) is 5.74. The van der Waals surface area contributed by atoms with Crippen molar-refractivity contribution < 1.29 is 23.1 Å². The molecule has 7 heteroatoms. The van der Waals surface area contributed by atoms with E-state index in [-0.39, 0.29) is 17.9 Å². The van der Waals surface area contributed by atoms with Crippen molar-refractivity contribution in [3.63, 3.8) is 0 Å². The van der Waals surface area contributed by atoms with Gasteiger partial charge in [0, 0.05) is 18.9 Å². The average Bonchev–Trinajstić information content (AvgIpc) is 2.75. The Bertz CT molecular complexity index is 603. The van der Waals surface area contributed by atoms with Gasteiger partial charge in [-0.2, -0.15) is 13.2 Å². The standard InChI is InChI=1S/C13H11F3N2O2/c14-13(15,16)7-11-17-5-6-18(11)8-9-1-3-10(4-2-9)12(19)20/h1-6H,7-8H2,(H,19,20). The minimum absolute atomic E-state index is 0.0696. The van der Waals surface area contributed by atoms with Crippen LogP contribution >= 0.6 is 0 Å². The van der Waals surface area contributed by atoms with E-state index in [1.807, 2.05) is 0 Å². The second-order valence-corrected chi connectivity index (χ2v) is 4.27. The lowest BCUT2D eigenvalue weighted by Gasteiger charge is -2.10. The van der Waals surface area contributed by atoms with Crippen LogP contribution in [0.2, 0.25) is 0 Å². The summed E-state index contributed by atoms with van der Waals surface area (Å²) < 4.78 is 38.5. The van der Waals surface area contributed by atoms with Gasteiger partial charge in [-0.3, -0.25) is 0 Å². The highest BCUT2D eigenvalue weighted by Gasteiger charge is 2.30. The second-order valence-electron chi connectivity index (χ2n) is 4.27. The third kappa shape index (κ3) is 3.59. The highest BCUT2D eigenvalue weighted by atomic mass is 19.4. The lowest BCUT2D eigenvalue weighted by molar-refractivity contribution is -0.128. The molecule has 0 saturated heterocycles. The highest BCUT2D eigenvalue weighted by Crippen LogP contribution is 2.20. The van der Waals surface area contributed by atoms with E-state index in [2.05, 4.69) is 4.98 Å². The number of aromatic carboxylic acids is 1. The van der Waals surface area contributed by atoms with Gasteiger partial charge in [-0.1, -0.05) is 12.1 Å². The van der Waals surface area contributed by atoms with E-state index >= 15 is 0 Å². The lowest BCUT2D eigenvalue weighted by Crippen LogP contribution is -2.16. The first-order chi connectivity index (χ1) is 9.35. The van der Waals surface area contributed by atoms with Crippen LogP contribution in [-0.4, -0.2) is 26.8 Å². The number of halogens is 3. The molecule has 0 radical (unpaired) electrons. The number of benzene rings is 1. The van der Waals surface area contributed by atoms with Gasteiger partial charge < -0.3 is 9.67 Å². The molecule has 0 aliphatic heterocycles. The summed E-state index contributed by atoms with van der Waals surface area (Å²) in [5.41, 5.74) is 0.839. The van der Waals surface area contributed by atoms with E-state index in [9.17, 15) is 18.0 Å². The molecular weight excluding hydrogens is 273 g/mol. The number of rotatable bonds is 4. The molecule has 0 fully saturated rings. The Morgan fingerprint density at radius 2 is 1.90 bits per heavy atom. The number of hydrogen-bond donors (Lipinski definition) is 1. The third-order valence-electron chi connectivity index (χ3n) is 2.71. The Kier molecular flexibility index (Phi) is 3.78. The van der Waals surface area contributed by atoms with Crippen molar-refractivity contribution in [1.82, 2.24) is 9.55 Å². The van der Waals surface area contributed by atoms with Crippen LogP contribution in [0.4, 0.5) is 13.2 Å². The van der Waals surface area contributed by atoms with E-state index < -0.39 is 18.6 Å².